The number of H-pyrrole nitrogens is 1. The number of benzene rings is 2. The molecule has 30 heavy (non-hydrogen) atoms. The van der Waals surface area contributed by atoms with Crippen LogP contribution in [0.1, 0.15) is 17.0 Å². The summed E-state index contributed by atoms with van der Waals surface area (Å²) in [4.78, 5) is 15.5. The van der Waals surface area contributed by atoms with Gasteiger partial charge >= 0.3 is 6.18 Å². The maximum atomic E-state index is 13.8. The lowest BCUT2D eigenvalue weighted by atomic mass is 10.0. The molecule has 2 heterocycles. The number of hydrogen-bond donors (Lipinski definition) is 2. The second-order valence-corrected chi connectivity index (χ2v) is 7.47. The van der Waals surface area contributed by atoms with Crippen molar-refractivity contribution in [3.63, 3.8) is 0 Å². The second kappa shape index (κ2) is 7.86. The molecule has 2 aromatic carbocycles. The van der Waals surface area contributed by atoms with E-state index in [1.807, 2.05) is 30.3 Å². The standard InChI is InChI=1S/C20H14F4N4OS/c21-12-6-8-15-14(10-12)13(17(25-15)11-4-2-1-3-5-11)7-9-16(29)26-19-28-27-18(30-19)20(22,23)24/h1-6,8,10,25H,7,9H2,(H,26,28,29). The Kier molecular flexibility index (Phi) is 5.25. The number of rotatable bonds is 5. The fourth-order valence-corrected chi connectivity index (χ4v) is 3.77. The van der Waals surface area contributed by atoms with Crippen molar-refractivity contribution in [2.24, 2.45) is 0 Å². The lowest BCUT2D eigenvalue weighted by Gasteiger charge is -2.06. The lowest BCUT2D eigenvalue weighted by molar-refractivity contribution is -0.138. The van der Waals surface area contributed by atoms with Gasteiger partial charge in [-0.25, -0.2) is 4.39 Å². The number of hydrogen-bond acceptors (Lipinski definition) is 4. The molecule has 0 radical (unpaired) electrons. The molecule has 0 saturated heterocycles. The van der Waals surface area contributed by atoms with Crippen LogP contribution in [0.25, 0.3) is 22.2 Å². The minimum absolute atomic E-state index is 0.0236. The van der Waals surface area contributed by atoms with Crippen molar-refractivity contribution in [2.75, 3.05) is 5.32 Å². The quantitative estimate of drug-likeness (QED) is 0.412. The molecule has 2 N–H and O–H groups in total. The SMILES string of the molecule is O=C(CCc1c(-c2ccccc2)[nH]c2ccc(F)cc12)Nc1nnc(C(F)(F)F)s1. The minimum atomic E-state index is -4.61. The summed E-state index contributed by atoms with van der Waals surface area (Å²) in [6, 6.07) is 13.8. The first-order valence-corrected chi connectivity index (χ1v) is 9.69. The van der Waals surface area contributed by atoms with Gasteiger partial charge in [-0.2, -0.15) is 13.2 Å². The molecule has 0 fully saturated rings. The normalized spacial score (nSPS) is 11.7. The zero-order valence-electron chi connectivity index (χ0n) is 15.3. The summed E-state index contributed by atoms with van der Waals surface area (Å²) in [6.07, 6.45) is -4.38. The van der Waals surface area contributed by atoms with Crippen LogP contribution in [0, 0.1) is 5.82 Å². The van der Waals surface area contributed by atoms with Crippen molar-refractivity contribution in [3.8, 4) is 11.3 Å². The van der Waals surface area contributed by atoms with Crippen LogP contribution in [0.3, 0.4) is 0 Å². The summed E-state index contributed by atoms with van der Waals surface area (Å²) < 4.78 is 51.7. The summed E-state index contributed by atoms with van der Waals surface area (Å²) in [5, 5.41) is 8.03. The molecule has 4 rings (SSSR count). The number of anilines is 1. The molecule has 0 aliphatic rings. The third kappa shape index (κ3) is 4.18. The number of nitrogens with zero attached hydrogens (tertiary/aromatic N) is 2. The number of alkyl halides is 3. The van der Waals surface area contributed by atoms with E-state index in [2.05, 4.69) is 20.5 Å². The fraction of sp³-hybridized carbons (Fsp3) is 0.150. The van der Waals surface area contributed by atoms with Gasteiger partial charge in [-0.3, -0.25) is 4.79 Å². The van der Waals surface area contributed by atoms with Gasteiger partial charge in [-0.15, -0.1) is 10.2 Å². The van der Waals surface area contributed by atoms with Crippen LogP contribution in [-0.2, 0) is 17.4 Å². The van der Waals surface area contributed by atoms with Gasteiger partial charge in [0.1, 0.15) is 5.82 Å². The highest BCUT2D eigenvalue weighted by atomic mass is 32.1. The fourth-order valence-electron chi connectivity index (χ4n) is 3.14. The van der Waals surface area contributed by atoms with E-state index in [1.54, 1.807) is 6.07 Å². The highest BCUT2D eigenvalue weighted by molar-refractivity contribution is 7.15. The first-order valence-electron chi connectivity index (χ1n) is 8.87. The first kappa shape index (κ1) is 20.0. The molecular weight excluding hydrogens is 420 g/mol. The second-order valence-electron chi connectivity index (χ2n) is 6.49. The molecule has 10 heteroatoms. The van der Waals surface area contributed by atoms with Crippen molar-refractivity contribution >= 4 is 33.3 Å². The van der Waals surface area contributed by atoms with Crippen LogP contribution < -0.4 is 5.32 Å². The number of carbonyl (C=O) groups excluding carboxylic acids is 1. The first-order chi connectivity index (χ1) is 14.3. The Hall–Kier alpha value is -3.27. The van der Waals surface area contributed by atoms with Crippen molar-refractivity contribution in [3.05, 3.63) is 64.9 Å². The van der Waals surface area contributed by atoms with Gasteiger partial charge in [0.25, 0.3) is 0 Å². The Balaban J connectivity index is 1.56. The van der Waals surface area contributed by atoms with Crippen LogP contribution in [0.2, 0.25) is 0 Å². The Morgan fingerprint density at radius 1 is 1.10 bits per heavy atom. The van der Waals surface area contributed by atoms with Gasteiger partial charge in [0.05, 0.1) is 0 Å². The summed E-state index contributed by atoms with van der Waals surface area (Å²) >= 11 is 0.261. The van der Waals surface area contributed by atoms with Crippen LogP contribution in [0.5, 0.6) is 0 Å². The third-order valence-corrected chi connectivity index (χ3v) is 5.33. The summed E-state index contributed by atoms with van der Waals surface area (Å²) in [7, 11) is 0. The van der Waals surface area contributed by atoms with Crippen LogP contribution in [0.15, 0.2) is 48.5 Å². The molecule has 2 aromatic heterocycles. The molecule has 0 spiro atoms. The topological polar surface area (TPSA) is 70.7 Å². The Morgan fingerprint density at radius 3 is 2.57 bits per heavy atom. The van der Waals surface area contributed by atoms with E-state index >= 15 is 0 Å². The summed E-state index contributed by atoms with van der Waals surface area (Å²) in [5.41, 5.74) is 3.12. The molecule has 4 aromatic rings. The molecule has 1 amide bonds. The van der Waals surface area contributed by atoms with Crippen LogP contribution >= 0.6 is 11.3 Å². The van der Waals surface area contributed by atoms with Crippen molar-refractivity contribution in [2.45, 2.75) is 19.0 Å². The van der Waals surface area contributed by atoms with Crippen LogP contribution in [0.4, 0.5) is 22.7 Å². The van der Waals surface area contributed by atoms with E-state index in [0.717, 1.165) is 22.3 Å². The zero-order chi connectivity index (χ0) is 21.3. The Bertz CT molecular complexity index is 1200. The number of fused-ring (bicyclic) bond motifs is 1. The van der Waals surface area contributed by atoms with Crippen molar-refractivity contribution in [1.29, 1.82) is 0 Å². The van der Waals surface area contributed by atoms with E-state index in [9.17, 15) is 22.4 Å². The molecule has 0 atom stereocenters. The largest absolute Gasteiger partial charge is 0.445 e. The van der Waals surface area contributed by atoms with E-state index in [4.69, 9.17) is 0 Å². The highest BCUT2D eigenvalue weighted by Crippen LogP contribution is 2.34. The monoisotopic (exact) mass is 434 g/mol. The Morgan fingerprint density at radius 2 is 1.87 bits per heavy atom. The van der Waals surface area contributed by atoms with Gasteiger partial charge in [0, 0.05) is 23.0 Å². The van der Waals surface area contributed by atoms with Crippen molar-refractivity contribution in [1.82, 2.24) is 15.2 Å². The third-order valence-electron chi connectivity index (χ3n) is 4.45. The van der Waals surface area contributed by atoms with Crippen LogP contribution in [-0.4, -0.2) is 21.1 Å². The molecule has 0 aliphatic heterocycles. The van der Waals surface area contributed by atoms with E-state index in [-0.39, 0.29) is 29.3 Å². The number of amides is 1. The molecule has 0 aliphatic carbocycles. The number of nitrogens with one attached hydrogen (secondary N) is 2. The Labute approximate surface area is 171 Å². The lowest BCUT2D eigenvalue weighted by Crippen LogP contribution is -2.12. The molecular formula is C20H14F4N4OS. The van der Waals surface area contributed by atoms with Crippen molar-refractivity contribution < 1.29 is 22.4 Å². The maximum absolute atomic E-state index is 13.8. The van der Waals surface area contributed by atoms with E-state index in [1.165, 1.54) is 12.1 Å². The molecule has 0 saturated carbocycles. The number of aryl methyl sites for hydroxylation is 1. The maximum Gasteiger partial charge on any atom is 0.445 e. The number of aromatic nitrogens is 3. The molecule has 0 unspecified atom stereocenters. The van der Waals surface area contributed by atoms with Gasteiger partial charge < -0.3 is 10.3 Å². The average molecular weight is 434 g/mol. The van der Waals surface area contributed by atoms with E-state index in [0.29, 0.717) is 5.39 Å². The van der Waals surface area contributed by atoms with E-state index < -0.39 is 22.9 Å². The number of carbonyl (C=O) groups is 1. The average Bonchev–Trinajstić information content (AvgIpc) is 3.31. The predicted molar refractivity (Wildman–Crippen MR) is 106 cm³/mol. The number of halogens is 4. The highest BCUT2D eigenvalue weighted by Gasteiger charge is 2.35. The summed E-state index contributed by atoms with van der Waals surface area (Å²) in [5.74, 6) is -0.912. The minimum Gasteiger partial charge on any atom is -0.354 e. The predicted octanol–water partition coefficient (Wildman–Crippen LogP) is 5.42. The number of aromatic amines is 1. The zero-order valence-corrected chi connectivity index (χ0v) is 16.1. The molecule has 154 valence electrons. The smallest absolute Gasteiger partial charge is 0.354 e. The summed E-state index contributed by atoms with van der Waals surface area (Å²) in [6.45, 7) is 0. The molecule has 0 bridgehead atoms. The van der Waals surface area contributed by atoms with Gasteiger partial charge in [-0.05, 0) is 35.7 Å². The van der Waals surface area contributed by atoms with Gasteiger partial charge in [0.15, 0.2) is 0 Å². The molecule has 5 nitrogen and oxygen atoms in total. The van der Waals surface area contributed by atoms with Gasteiger partial charge in [0.2, 0.25) is 16.0 Å². The van der Waals surface area contributed by atoms with Gasteiger partial charge in [-0.1, -0.05) is 41.7 Å².